The molecule has 0 amide bonds. The van der Waals surface area contributed by atoms with Gasteiger partial charge >= 0.3 is 0 Å². The number of hydrogen-bond donors (Lipinski definition) is 0. The molecular weight excluding hydrogens is 603 g/mol. The SMILES string of the molecule is c1ccc(-c2nc(-c3ccccc3)nc(-n3c4c(c5ccccc53)N(c3ccncc3)C3c5ccccc5N(c5ccccc5)C43)n2)cc1. The Balaban J connectivity index is 1.31. The largest absolute Gasteiger partial charge is 0.330 e. The number of benzene rings is 5. The van der Waals surface area contributed by atoms with Crippen LogP contribution >= 0.6 is 0 Å². The van der Waals surface area contributed by atoms with E-state index in [1.165, 1.54) is 11.3 Å². The molecule has 0 saturated carbocycles. The van der Waals surface area contributed by atoms with Gasteiger partial charge in [0.1, 0.15) is 6.04 Å². The molecule has 232 valence electrons. The molecule has 5 aromatic carbocycles. The molecule has 2 aliphatic heterocycles. The van der Waals surface area contributed by atoms with Crippen LogP contribution in [0.15, 0.2) is 164 Å². The number of rotatable bonds is 5. The predicted molar refractivity (Wildman–Crippen MR) is 194 cm³/mol. The Morgan fingerprint density at radius 2 is 1.04 bits per heavy atom. The third-order valence-corrected chi connectivity index (χ3v) is 9.64. The summed E-state index contributed by atoms with van der Waals surface area (Å²) in [5.41, 5.74) is 9.87. The monoisotopic (exact) mass is 631 g/mol. The molecule has 3 aromatic heterocycles. The Morgan fingerprint density at radius 3 is 1.73 bits per heavy atom. The zero-order chi connectivity index (χ0) is 32.3. The van der Waals surface area contributed by atoms with Gasteiger partial charge in [0.05, 0.1) is 22.9 Å². The molecule has 7 nitrogen and oxygen atoms in total. The summed E-state index contributed by atoms with van der Waals surface area (Å²) in [6.07, 6.45) is 3.75. The molecule has 2 atom stereocenters. The zero-order valence-electron chi connectivity index (χ0n) is 26.4. The lowest BCUT2D eigenvalue weighted by molar-refractivity contribution is 0.611. The van der Waals surface area contributed by atoms with Gasteiger partial charge in [-0.1, -0.05) is 115 Å². The van der Waals surface area contributed by atoms with Crippen molar-refractivity contribution in [3.05, 3.63) is 175 Å². The minimum atomic E-state index is -0.0903. The molecule has 10 rings (SSSR count). The normalized spacial score (nSPS) is 16.1. The summed E-state index contributed by atoms with van der Waals surface area (Å²) < 4.78 is 2.28. The molecular formula is C42H29N7. The quantitative estimate of drug-likeness (QED) is 0.189. The smallest absolute Gasteiger partial charge is 0.238 e. The molecule has 0 bridgehead atoms. The second-order valence-corrected chi connectivity index (χ2v) is 12.3. The van der Waals surface area contributed by atoms with E-state index in [1.807, 2.05) is 48.8 Å². The van der Waals surface area contributed by atoms with Crippen LogP contribution in [0.5, 0.6) is 0 Å². The average molecular weight is 632 g/mol. The Bertz CT molecular complexity index is 2410. The number of aromatic nitrogens is 5. The van der Waals surface area contributed by atoms with Crippen LogP contribution in [0.25, 0.3) is 39.6 Å². The van der Waals surface area contributed by atoms with Gasteiger partial charge in [-0.05, 0) is 36.4 Å². The minimum absolute atomic E-state index is 0.0105. The van der Waals surface area contributed by atoms with Crippen molar-refractivity contribution in [1.82, 2.24) is 24.5 Å². The average Bonchev–Trinajstić information content (AvgIpc) is 3.81. The van der Waals surface area contributed by atoms with E-state index >= 15 is 0 Å². The molecule has 2 aliphatic rings. The molecule has 0 saturated heterocycles. The molecule has 5 heterocycles. The maximum absolute atomic E-state index is 5.25. The summed E-state index contributed by atoms with van der Waals surface area (Å²) in [6.45, 7) is 0. The third-order valence-electron chi connectivity index (χ3n) is 9.64. The molecule has 49 heavy (non-hydrogen) atoms. The summed E-state index contributed by atoms with van der Waals surface area (Å²) in [7, 11) is 0. The van der Waals surface area contributed by atoms with E-state index in [0.29, 0.717) is 17.6 Å². The lowest BCUT2D eigenvalue weighted by Crippen LogP contribution is -2.26. The van der Waals surface area contributed by atoms with Gasteiger partial charge < -0.3 is 9.80 Å². The van der Waals surface area contributed by atoms with Crippen molar-refractivity contribution in [2.45, 2.75) is 12.1 Å². The van der Waals surface area contributed by atoms with E-state index in [4.69, 9.17) is 15.0 Å². The number of fused-ring (bicyclic) bond motifs is 7. The number of nitrogens with zero attached hydrogens (tertiary/aromatic N) is 7. The van der Waals surface area contributed by atoms with Crippen molar-refractivity contribution in [2.24, 2.45) is 0 Å². The highest BCUT2D eigenvalue weighted by molar-refractivity contribution is 6.02. The van der Waals surface area contributed by atoms with Crippen LogP contribution in [0.1, 0.15) is 23.3 Å². The highest BCUT2D eigenvalue weighted by Crippen LogP contribution is 2.64. The van der Waals surface area contributed by atoms with Crippen LogP contribution in [0.2, 0.25) is 0 Å². The van der Waals surface area contributed by atoms with Gasteiger partial charge in [-0.3, -0.25) is 9.55 Å². The molecule has 2 unspecified atom stereocenters. The number of hydrogen-bond acceptors (Lipinski definition) is 6. The van der Waals surface area contributed by atoms with Crippen molar-refractivity contribution in [3.63, 3.8) is 0 Å². The molecule has 0 N–H and O–H groups in total. The first kappa shape index (κ1) is 27.5. The lowest BCUT2D eigenvalue weighted by atomic mass is 10.0. The summed E-state index contributed by atoms with van der Waals surface area (Å²) in [5.74, 6) is 1.85. The van der Waals surface area contributed by atoms with Gasteiger partial charge in [0.25, 0.3) is 0 Å². The van der Waals surface area contributed by atoms with Crippen LogP contribution in [0, 0.1) is 0 Å². The number of para-hydroxylation sites is 3. The second-order valence-electron chi connectivity index (χ2n) is 12.3. The van der Waals surface area contributed by atoms with E-state index in [9.17, 15) is 0 Å². The molecule has 0 spiro atoms. The van der Waals surface area contributed by atoms with Gasteiger partial charge in [-0.25, -0.2) is 4.98 Å². The Hall–Kier alpha value is -6.60. The van der Waals surface area contributed by atoms with Crippen molar-refractivity contribution in [2.75, 3.05) is 9.80 Å². The van der Waals surface area contributed by atoms with Gasteiger partial charge in [0.15, 0.2) is 11.6 Å². The molecule has 0 fully saturated rings. The predicted octanol–water partition coefficient (Wildman–Crippen LogP) is 9.63. The highest BCUT2D eigenvalue weighted by Gasteiger charge is 2.53. The fraction of sp³-hybridized carbons (Fsp3) is 0.0476. The van der Waals surface area contributed by atoms with Gasteiger partial charge in [0.2, 0.25) is 5.95 Å². The maximum atomic E-state index is 5.25. The molecule has 8 aromatic rings. The first-order valence-electron chi connectivity index (χ1n) is 16.5. The maximum Gasteiger partial charge on any atom is 0.238 e. The van der Waals surface area contributed by atoms with Crippen LogP contribution in [0.3, 0.4) is 0 Å². The summed E-state index contributed by atoms with van der Waals surface area (Å²) in [5, 5.41) is 1.14. The Labute approximate surface area is 283 Å². The first-order valence-corrected chi connectivity index (χ1v) is 16.5. The minimum Gasteiger partial charge on any atom is -0.330 e. The topological polar surface area (TPSA) is 63.0 Å². The Morgan fingerprint density at radius 1 is 0.469 bits per heavy atom. The second kappa shape index (κ2) is 11.0. The number of anilines is 4. The van der Waals surface area contributed by atoms with Gasteiger partial charge in [0, 0.05) is 51.5 Å². The molecule has 0 radical (unpaired) electrons. The first-order chi connectivity index (χ1) is 24.3. The van der Waals surface area contributed by atoms with Crippen LogP contribution in [-0.4, -0.2) is 24.5 Å². The van der Waals surface area contributed by atoms with Crippen molar-refractivity contribution < 1.29 is 0 Å². The molecule has 7 heteroatoms. The fourth-order valence-corrected chi connectivity index (χ4v) is 7.67. The zero-order valence-corrected chi connectivity index (χ0v) is 26.4. The van der Waals surface area contributed by atoms with E-state index in [-0.39, 0.29) is 12.1 Å². The van der Waals surface area contributed by atoms with E-state index in [1.54, 1.807) is 0 Å². The summed E-state index contributed by atoms with van der Waals surface area (Å²) in [4.78, 5) is 24.9. The standard InChI is InChI=1S/C42H29N7/c1-4-14-28(15-5-1)40-44-41(29-16-6-2-7-17-29)46-42(45-40)49-35-23-13-11-21-33(35)37-39(49)38-36(48(37)31-24-26-43-27-25-31)32-20-10-12-22-34(32)47(38)30-18-8-3-9-19-30/h1-27,36,38H. The van der Waals surface area contributed by atoms with Crippen LogP contribution < -0.4 is 9.80 Å². The van der Waals surface area contributed by atoms with Crippen LogP contribution in [-0.2, 0) is 0 Å². The molecule has 0 aliphatic carbocycles. The summed E-state index contributed by atoms with van der Waals surface area (Å²) in [6, 6.07) is 52.5. The van der Waals surface area contributed by atoms with Crippen molar-refractivity contribution in [1.29, 1.82) is 0 Å². The van der Waals surface area contributed by atoms with Gasteiger partial charge in [-0.2, -0.15) is 9.97 Å². The summed E-state index contributed by atoms with van der Waals surface area (Å²) >= 11 is 0. The Kier molecular flexibility index (Phi) is 6.17. The van der Waals surface area contributed by atoms with Crippen LogP contribution in [0.4, 0.5) is 22.7 Å². The third kappa shape index (κ3) is 4.22. The van der Waals surface area contributed by atoms with E-state index in [0.717, 1.165) is 44.8 Å². The fourth-order valence-electron chi connectivity index (χ4n) is 7.67. The van der Waals surface area contributed by atoms with E-state index < -0.39 is 0 Å². The number of pyridine rings is 1. The lowest BCUT2D eigenvalue weighted by Gasteiger charge is -2.30. The van der Waals surface area contributed by atoms with Gasteiger partial charge in [-0.15, -0.1) is 0 Å². The van der Waals surface area contributed by atoms with E-state index in [2.05, 4.69) is 135 Å². The van der Waals surface area contributed by atoms with Crippen molar-refractivity contribution in [3.8, 4) is 28.7 Å². The highest BCUT2D eigenvalue weighted by atomic mass is 15.4. The van der Waals surface area contributed by atoms with Crippen molar-refractivity contribution >= 4 is 33.7 Å².